The van der Waals surface area contributed by atoms with Crippen LogP contribution in [-0.4, -0.2) is 64.4 Å². The van der Waals surface area contributed by atoms with Gasteiger partial charge < -0.3 is 24.1 Å². The van der Waals surface area contributed by atoms with Crippen LogP contribution >= 0.6 is 0 Å². The molecular formula is C29H40O9. The van der Waals surface area contributed by atoms with E-state index in [2.05, 4.69) is 0 Å². The molecular weight excluding hydrogens is 492 g/mol. The number of hydrogen-bond acceptors (Lipinski definition) is 9. The molecule has 2 saturated carbocycles. The summed E-state index contributed by atoms with van der Waals surface area (Å²) in [5.41, 5.74) is -2.22. The lowest BCUT2D eigenvalue weighted by Crippen LogP contribution is -2.43. The Bertz CT molecular complexity index is 1120. The van der Waals surface area contributed by atoms with E-state index in [9.17, 15) is 24.3 Å². The molecule has 1 aliphatic heterocycles. The first kappa shape index (κ1) is 28.5. The summed E-state index contributed by atoms with van der Waals surface area (Å²) >= 11 is 0. The molecule has 4 rings (SSSR count). The van der Waals surface area contributed by atoms with Crippen molar-refractivity contribution in [2.45, 2.75) is 104 Å². The number of fused-ring (bicyclic) bond motifs is 1. The first-order chi connectivity index (χ1) is 17.6. The molecule has 3 aliphatic carbocycles. The highest BCUT2D eigenvalue weighted by atomic mass is 16.7. The number of aliphatic hydroxyl groups excluding tert-OH is 1. The van der Waals surface area contributed by atoms with Gasteiger partial charge in [-0.1, -0.05) is 33.8 Å². The predicted octanol–water partition coefficient (Wildman–Crippen LogP) is 3.07. The summed E-state index contributed by atoms with van der Waals surface area (Å²) in [6.45, 7) is 15.2. The zero-order valence-electron chi connectivity index (χ0n) is 23.7. The summed E-state index contributed by atoms with van der Waals surface area (Å²) < 4.78 is 23.6. The van der Waals surface area contributed by atoms with Crippen molar-refractivity contribution in [3.63, 3.8) is 0 Å². The average molecular weight is 533 g/mol. The van der Waals surface area contributed by atoms with E-state index in [1.807, 2.05) is 20.8 Å². The fourth-order valence-corrected chi connectivity index (χ4v) is 7.21. The molecule has 9 nitrogen and oxygen atoms in total. The molecule has 0 amide bonds. The highest BCUT2D eigenvalue weighted by molar-refractivity contribution is 5.96. The minimum atomic E-state index is -1.28. The van der Waals surface area contributed by atoms with Crippen LogP contribution in [0.5, 0.6) is 0 Å². The Morgan fingerprint density at radius 2 is 1.61 bits per heavy atom. The average Bonchev–Trinajstić information content (AvgIpc) is 3.62. The van der Waals surface area contributed by atoms with E-state index in [0.717, 1.165) is 0 Å². The van der Waals surface area contributed by atoms with Crippen LogP contribution < -0.4 is 0 Å². The summed E-state index contributed by atoms with van der Waals surface area (Å²) in [7, 11) is 0. The van der Waals surface area contributed by atoms with Crippen molar-refractivity contribution in [2.75, 3.05) is 0 Å². The van der Waals surface area contributed by atoms with E-state index in [1.165, 1.54) is 13.8 Å². The van der Waals surface area contributed by atoms with E-state index in [1.54, 1.807) is 39.8 Å². The van der Waals surface area contributed by atoms with Crippen LogP contribution in [0.2, 0.25) is 0 Å². The van der Waals surface area contributed by atoms with Crippen molar-refractivity contribution in [1.82, 2.24) is 0 Å². The third-order valence-electron chi connectivity index (χ3n) is 9.30. The summed E-state index contributed by atoms with van der Waals surface area (Å²) in [4.78, 5) is 51.3. The van der Waals surface area contributed by atoms with Gasteiger partial charge in [0.15, 0.2) is 17.0 Å². The zero-order chi connectivity index (χ0) is 28.5. The van der Waals surface area contributed by atoms with Gasteiger partial charge in [0, 0.05) is 31.3 Å². The van der Waals surface area contributed by atoms with Gasteiger partial charge in [-0.05, 0) is 50.2 Å². The van der Waals surface area contributed by atoms with Gasteiger partial charge in [0.05, 0.1) is 5.92 Å². The zero-order valence-corrected chi connectivity index (χ0v) is 23.7. The summed E-state index contributed by atoms with van der Waals surface area (Å²) in [6, 6.07) is 0. The van der Waals surface area contributed by atoms with E-state index in [-0.39, 0.29) is 23.5 Å². The smallest absolute Gasteiger partial charge is 0.333 e. The maximum Gasteiger partial charge on any atom is 0.333 e. The van der Waals surface area contributed by atoms with E-state index in [4.69, 9.17) is 18.9 Å². The molecule has 0 spiro atoms. The second-order valence-corrected chi connectivity index (χ2v) is 12.2. The Morgan fingerprint density at radius 1 is 1.03 bits per heavy atom. The number of rotatable bonds is 4. The van der Waals surface area contributed by atoms with Crippen molar-refractivity contribution in [2.24, 2.45) is 29.1 Å². The highest BCUT2D eigenvalue weighted by Crippen LogP contribution is 2.68. The highest BCUT2D eigenvalue weighted by Gasteiger charge is 2.84. The van der Waals surface area contributed by atoms with Gasteiger partial charge in [-0.25, -0.2) is 4.79 Å². The number of Topliss-reactive ketones (excluding diaryl/α,β-unsaturated/α-hetero) is 1. The van der Waals surface area contributed by atoms with Gasteiger partial charge in [0.2, 0.25) is 0 Å². The molecule has 210 valence electrons. The third kappa shape index (κ3) is 4.13. The molecule has 0 radical (unpaired) electrons. The van der Waals surface area contributed by atoms with Crippen LogP contribution in [0.3, 0.4) is 0 Å². The number of hydrogen-bond donors (Lipinski definition) is 1. The van der Waals surface area contributed by atoms with Gasteiger partial charge in [-0.15, -0.1) is 0 Å². The van der Waals surface area contributed by atoms with Crippen molar-refractivity contribution in [3.8, 4) is 0 Å². The maximum atomic E-state index is 14.2. The molecule has 3 fully saturated rings. The Balaban J connectivity index is 1.87. The maximum absolute atomic E-state index is 14.2. The van der Waals surface area contributed by atoms with Gasteiger partial charge in [0.1, 0.15) is 24.4 Å². The molecule has 0 aromatic heterocycles. The molecule has 1 N–H and O–H groups in total. The second-order valence-electron chi connectivity index (χ2n) is 12.2. The van der Waals surface area contributed by atoms with Gasteiger partial charge >= 0.3 is 17.9 Å². The first-order valence-corrected chi connectivity index (χ1v) is 13.4. The number of aliphatic hydroxyl groups is 1. The molecule has 10 atom stereocenters. The number of ether oxygens (including phenoxy) is 4. The van der Waals surface area contributed by atoms with Crippen LogP contribution in [0.1, 0.15) is 68.7 Å². The number of epoxide rings is 1. The fraction of sp³-hybridized carbons (Fsp3) is 0.724. The molecule has 1 saturated heterocycles. The Labute approximate surface area is 223 Å². The van der Waals surface area contributed by atoms with Crippen LogP contribution in [0.4, 0.5) is 0 Å². The molecule has 0 unspecified atom stereocenters. The monoisotopic (exact) mass is 532 g/mol. The Morgan fingerprint density at radius 3 is 2.16 bits per heavy atom. The van der Waals surface area contributed by atoms with Crippen molar-refractivity contribution >= 4 is 23.7 Å². The van der Waals surface area contributed by atoms with Crippen LogP contribution in [0.15, 0.2) is 23.3 Å². The lowest BCUT2D eigenvalue weighted by molar-refractivity contribution is -0.157. The van der Waals surface area contributed by atoms with Crippen molar-refractivity contribution < 1.29 is 43.2 Å². The van der Waals surface area contributed by atoms with Crippen LogP contribution in [0, 0.1) is 29.1 Å². The topological polar surface area (TPSA) is 129 Å². The van der Waals surface area contributed by atoms with Crippen LogP contribution in [0.25, 0.3) is 0 Å². The minimum Gasteiger partial charge on any atom is -0.461 e. The summed E-state index contributed by atoms with van der Waals surface area (Å²) in [6.07, 6.45) is -0.143. The number of ketones is 1. The van der Waals surface area contributed by atoms with Crippen molar-refractivity contribution in [3.05, 3.63) is 23.3 Å². The van der Waals surface area contributed by atoms with Crippen molar-refractivity contribution in [1.29, 1.82) is 0 Å². The molecule has 4 aliphatic rings. The largest absolute Gasteiger partial charge is 0.461 e. The normalized spacial score (nSPS) is 43.4. The molecule has 0 bridgehead atoms. The quantitative estimate of drug-likeness (QED) is 0.191. The number of esters is 3. The van der Waals surface area contributed by atoms with E-state index < -0.39 is 64.9 Å². The third-order valence-corrected chi connectivity index (χ3v) is 9.30. The SMILES string of the molecule is CC=C(C)C(=O)O[C@H]1[C@H]2[C@@H]([C@@H](OC(C)=O)[C@@H](C)C(=O)[C@@]34C[C@H](C)[C@H](OC(C)=O)[C@]3(C=C(C)[C@H]1O)O4)C2(C)C. The van der Waals surface area contributed by atoms with E-state index >= 15 is 0 Å². The second kappa shape index (κ2) is 9.30. The predicted molar refractivity (Wildman–Crippen MR) is 135 cm³/mol. The van der Waals surface area contributed by atoms with Gasteiger partial charge in [0.25, 0.3) is 0 Å². The Kier molecular flexibility index (Phi) is 6.97. The molecule has 9 heteroatoms. The molecule has 1 heterocycles. The number of carbonyl (C=O) groups excluding carboxylic acids is 4. The lowest BCUT2D eigenvalue weighted by Gasteiger charge is -2.28. The summed E-state index contributed by atoms with van der Waals surface area (Å²) in [5, 5.41) is 11.6. The van der Waals surface area contributed by atoms with Gasteiger partial charge in [-0.2, -0.15) is 0 Å². The number of carbonyl (C=O) groups is 4. The first-order valence-electron chi connectivity index (χ1n) is 13.4. The molecule has 0 aromatic carbocycles. The minimum absolute atomic E-state index is 0.198. The van der Waals surface area contributed by atoms with Gasteiger partial charge in [-0.3, -0.25) is 14.4 Å². The Hall–Kier alpha value is -2.52. The standard InChI is InChI=1S/C29H40O9/c1-10-13(2)26(34)37-23-20-19(27(20,8)9)22(35-17(6)30)16(5)24(33)28-12-15(4)25(36-18(7)31)29(28,38-28)11-14(3)21(23)32/h10-11,15-16,19-23,25,32H,12H2,1-9H3/t15-,16+,19-,20+,21+,22-,23-,25-,28-,29-/m0/s1. The number of allylic oxidation sites excluding steroid dienone is 1. The lowest BCUT2D eigenvalue weighted by atomic mass is 9.80. The molecule has 38 heavy (non-hydrogen) atoms. The fourth-order valence-electron chi connectivity index (χ4n) is 7.21. The van der Waals surface area contributed by atoms with Crippen LogP contribution in [-0.2, 0) is 38.1 Å². The summed E-state index contributed by atoms with van der Waals surface area (Å²) in [5.74, 6) is -3.52. The van der Waals surface area contributed by atoms with E-state index in [0.29, 0.717) is 17.6 Å². The molecule has 0 aromatic rings.